The van der Waals surface area contributed by atoms with Gasteiger partial charge in [-0.1, -0.05) is 145 Å². The Hall–Kier alpha value is -3.88. The molecule has 8 N–H and O–H groups in total. The van der Waals surface area contributed by atoms with Crippen LogP contribution in [0.1, 0.15) is 130 Å². The summed E-state index contributed by atoms with van der Waals surface area (Å²) in [4.78, 5) is 61.7. The molecule has 9 atom stereocenters. The van der Waals surface area contributed by atoms with Crippen molar-refractivity contribution in [1.29, 1.82) is 0 Å². The van der Waals surface area contributed by atoms with Gasteiger partial charge in [0, 0.05) is 19.0 Å². The summed E-state index contributed by atoms with van der Waals surface area (Å²) in [5.41, 5.74) is 4.56. The lowest BCUT2D eigenvalue weighted by Crippen LogP contribution is -2.36. The van der Waals surface area contributed by atoms with Crippen LogP contribution >= 0.6 is 15.6 Å². The lowest BCUT2D eigenvalue weighted by Gasteiger charge is -2.21. The second-order valence-electron chi connectivity index (χ2n) is 17.1. The Morgan fingerprint density at radius 3 is 2.13 bits per heavy atom. The van der Waals surface area contributed by atoms with E-state index < -0.39 is 95.9 Å². The molecule has 1 aliphatic heterocycles. The highest BCUT2D eigenvalue weighted by Gasteiger charge is 2.46. The van der Waals surface area contributed by atoms with E-state index in [1.165, 1.54) is 25.3 Å². The Kier molecular flexibility index (Phi) is 31.4. The van der Waals surface area contributed by atoms with Gasteiger partial charge in [0.25, 0.3) is 0 Å². The number of ether oxygens (including phenoxy) is 3. The highest BCUT2D eigenvalue weighted by atomic mass is 31.3. The van der Waals surface area contributed by atoms with E-state index in [9.17, 15) is 53.7 Å². The van der Waals surface area contributed by atoms with Gasteiger partial charge in [-0.15, -0.1) is 0 Å². The van der Waals surface area contributed by atoms with Gasteiger partial charge < -0.3 is 50.2 Å². The fourth-order valence-electron chi connectivity index (χ4n) is 6.65. The van der Waals surface area contributed by atoms with Crippen molar-refractivity contribution < 1.29 is 76.5 Å². The Labute approximate surface area is 411 Å². The number of carbonyl (C=O) groups excluding carboxylic acids is 2. The predicted molar refractivity (Wildman–Crippen MR) is 264 cm³/mol. The van der Waals surface area contributed by atoms with Crippen LogP contribution in [0.2, 0.25) is 0 Å². The van der Waals surface area contributed by atoms with Crippen LogP contribution in [0.3, 0.4) is 0 Å². The van der Waals surface area contributed by atoms with E-state index in [0.717, 1.165) is 49.3 Å². The molecule has 2 heterocycles. The van der Waals surface area contributed by atoms with Crippen molar-refractivity contribution in [2.45, 2.75) is 166 Å². The molecule has 0 bridgehead atoms. The summed E-state index contributed by atoms with van der Waals surface area (Å²) in [5.74, 6) is -0.809. The zero-order chi connectivity index (χ0) is 51.8. The summed E-state index contributed by atoms with van der Waals surface area (Å²) in [6, 6.07) is 1.23. The average molecular weight is 1030 g/mol. The number of aliphatic hydroxyl groups excluding tert-OH is 4. The Balaban J connectivity index is 1.87. The molecule has 20 nitrogen and oxygen atoms in total. The number of hydrogen-bond acceptors (Lipinski definition) is 17. The van der Waals surface area contributed by atoms with Crippen LogP contribution in [0.15, 0.2) is 90.0 Å². The summed E-state index contributed by atoms with van der Waals surface area (Å²) < 4.78 is 56.5. The van der Waals surface area contributed by atoms with E-state index in [4.69, 9.17) is 29.0 Å². The molecule has 0 radical (unpaired) electrons. The first kappa shape index (κ1) is 62.2. The fourth-order valence-corrected chi connectivity index (χ4v) is 8.76. The third-order valence-corrected chi connectivity index (χ3v) is 13.0. The monoisotopic (exact) mass is 1030 g/mol. The van der Waals surface area contributed by atoms with Gasteiger partial charge in [-0.3, -0.25) is 23.2 Å². The number of nitrogens with two attached hydrogens (primary N) is 1. The van der Waals surface area contributed by atoms with Crippen molar-refractivity contribution in [2.75, 3.05) is 25.6 Å². The molecule has 0 aliphatic carbocycles. The highest BCUT2D eigenvalue weighted by molar-refractivity contribution is 7.61. The number of carbonyl (C=O) groups is 2. The van der Waals surface area contributed by atoms with Gasteiger partial charge in [-0.2, -0.15) is 9.29 Å². The van der Waals surface area contributed by atoms with Crippen molar-refractivity contribution in [1.82, 2.24) is 9.55 Å². The predicted octanol–water partition coefficient (Wildman–Crippen LogP) is 7.13. The maximum atomic E-state index is 12.8. The molecule has 0 saturated carbocycles. The first-order chi connectivity index (χ1) is 33.3. The van der Waals surface area contributed by atoms with Gasteiger partial charge in [0.05, 0.1) is 25.4 Å². The van der Waals surface area contributed by atoms with Crippen LogP contribution in [-0.4, -0.2) is 108 Å². The number of unbranched alkanes of at least 4 members (excludes halogenated alkanes) is 8. The van der Waals surface area contributed by atoms with Crippen LogP contribution in [0.4, 0.5) is 5.82 Å². The Morgan fingerprint density at radius 2 is 1.46 bits per heavy atom. The summed E-state index contributed by atoms with van der Waals surface area (Å²) in [6.45, 7) is 3.98. The summed E-state index contributed by atoms with van der Waals surface area (Å²) in [5, 5.41) is 40.9. The molecule has 2 rings (SSSR count). The van der Waals surface area contributed by atoms with Gasteiger partial charge in [-0.25, -0.2) is 13.9 Å². The molecule has 0 amide bonds. The minimum Gasteiger partial charge on any atom is -0.462 e. The molecule has 1 aromatic heterocycles. The first-order valence-corrected chi connectivity index (χ1v) is 27.0. The number of hydrogen-bond donors (Lipinski definition) is 7. The number of nitrogens with zero attached hydrogens (tertiary/aromatic N) is 2. The van der Waals surface area contributed by atoms with E-state index in [0.29, 0.717) is 38.0 Å². The van der Waals surface area contributed by atoms with Gasteiger partial charge in [-0.05, 0) is 50.5 Å². The fraction of sp³-hybridized carbons (Fsp3) is 0.625. The van der Waals surface area contributed by atoms with E-state index in [2.05, 4.69) is 23.1 Å². The van der Waals surface area contributed by atoms with E-state index in [-0.39, 0.29) is 18.7 Å². The van der Waals surface area contributed by atoms with E-state index in [1.54, 1.807) is 42.5 Å². The van der Waals surface area contributed by atoms with Gasteiger partial charge in [0.15, 0.2) is 12.3 Å². The summed E-state index contributed by atoms with van der Waals surface area (Å²) in [6.07, 6.45) is 25.3. The van der Waals surface area contributed by atoms with E-state index >= 15 is 0 Å². The van der Waals surface area contributed by atoms with Gasteiger partial charge in [0.2, 0.25) is 0 Å². The molecule has 1 fully saturated rings. The van der Waals surface area contributed by atoms with Crippen LogP contribution < -0.4 is 11.4 Å². The molecule has 2 unspecified atom stereocenters. The normalized spacial score (nSPS) is 20.9. The van der Waals surface area contributed by atoms with Crippen molar-refractivity contribution in [3.8, 4) is 0 Å². The molecule has 0 spiro atoms. The second-order valence-corrected chi connectivity index (χ2v) is 20.2. The van der Waals surface area contributed by atoms with E-state index in [1.807, 2.05) is 37.3 Å². The molecule has 0 aromatic carbocycles. The largest absolute Gasteiger partial charge is 0.481 e. The van der Waals surface area contributed by atoms with Crippen molar-refractivity contribution in [3.63, 3.8) is 0 Å². The molecular formula is C48H77N3O17P2. The average Bonchev–Trinajstić information content (AvgIpc) is 3.57. The molecule has 396 valence electrons. The number of anilines is 1. The molecular weight excluding hydrogens is 952 g/mol. The minimum absolute atomic E-state index is 0.00297. The second kappa shape index (κ2) is 35.3. The molecule has 1 saturated heterocycles. The highest BCUT2D eigenvalue weighted by Crippen LogP contribution is 2.60. The zero-order valence-corrected chi connectivity index (χ0v) is 42.5. The van der Waals surface area contributed by atoms with Crippen molar-refractivity contribution in [3.05, 3.63) is 95.7 Å². The van der Waals surface area contributed by atoms with Crippen LogP contribution in [0.25, 0.3) is 0 Å². The number of phosphoric ester groups is 2. The Bertz CT molecular complexity index is 2010. The number of phosphoric acid groups is 2. The third kappa shape index (κ3) is 28.8. The SMILES string of the molecule is CC/C=C\C[C@@H](O)/C=C/C=C\C/C=C\C=C\[C@@H](O)/C=C\CCCC(=O)OC[C@H](COP(=O)(O)OP(=O)(O)OC[C@H]1O[C@@H](n2ccc(N)nc2=O)[C@H](O)[C@@H]1O)OC(=O)CCCCCCCCCCC(C)C. The maximum Gasteiger partial charge on any atom is 0.481 e. The first-order valence-electron chi connectivity index (χ1n) is 24.0. The maximum absolute atomic E-state index is 12.8. The third-order valence-electron chi connectivity index (χ3n) is 10.4. The zero-order valence-electron chi connectivity index (χ0n) is 40.7. The standard InChI is InChI=1S/C48H77N3O17P2/c1-4-5-18-26-38(52)27-20-14-10-8-11-15-21-28-39(53)29-22-17-24-30-43(54)63-34-40(66-44(55)31-23-16-12-7-6-9-13-19-25-37(2)3)35-64-69(59,60)68-70(61,62)65-36-41-45(56)46(57)47(67-41)51-33-32-42(49)50-48(51)58/h5,10-11,14-15,18,20-22,27-29,32-33,37-41,45-47,52-53,56-57H,4,6-9,12-13,16-17,19,23-26,30-31,34-36H2,1-3H3,(H,59,60)(H,61,62)(H2,49,50,58)/b14-10-,15-11-,18-5-,27-20+,28-21+,29-22-/t38-,39-,40-,41-,45-,46-,47-/m1/s1. The van der Waals surface area contributed by atoms with Crippen LogP contribution in [-0.2, 0) is 46.3 Å². The molecule has 1 aromatic rings. The number of rotatable bonds is 37. The number of aliphatic hydroxyl groups is 4. The summed E-state index contributed by atoms with van der Waals surface area (Å²) in [7, 11) is -10.9. The number of allylic oxidation sites excluding steroid dienone is 8. The van der Waals surface area contributed by atoms with Crippen LogP contribution in [0, 0.1) is 5.92 Å². The number of aromatic nitrogens is 2. The summed E-state index contributed by atoms with van der Waals surface area (Å²) >= 11 is 0. The molecule has 22 heteroatoms. The Morgan fingerprint density at radius 1 is 0.814 bits per heavy atom. The lowest BCUT2D eigenvalue weighted by molar-refractivity contribution is -0.161. The number of esters is 2. The topological polar surface area (TPSA) is 306 Å². The van der Waals surface area contributed by atoms with Gasteiger partial charge in [0.1, 0.15) is 30.7 Å². The van der Waals surface area contributed by atoms with Crippen LogP contribution in [0.5, 0.6) is 0 Å². The van der Waals surface area contributed by atoms with Crippen molar-refractivity contribution >= 4 is 33.4 Å². The molecule has 70 heavy (non-hydrogen) atoms. The molecule has 1 aliphatic rings. The van der Waals surface area contributed by atoms with Gasteiger partial charge >= 0.3 is 33.3 Å². The lowest BCUT2D eigenvalue weighted by atomic mass is 10.0. The number of nitrogen functional groups attached to an aromatic ring is 1. The van der Waals surface area contributed by atoms with Crippen molar-refractivity contribution in [2.24, 2.45) is 5.92 Å². The quantitative estimate of drug-likeness (QED) is 0.0115. The minimum atomic E-state index is -5.46. The smallest absolute Gasteiger partial charge is 0.462 e.